The summed E-state index contributed by atoms with van der Waals surface area (Å²) < 4.78 is 6.33. The molecular formula is C11H16BrNO. The summed E-state index contributed by atoms with van der Waals surface area (Å²) >= 11 is 3.46. The van der Waals surface area contributed by atoms with Gasteiger partial charge in [-0.3, -0.25) is 0 Å². The molecular weight excluding hydrogens is 242 g/mol. The molecule has 0 bridgehead atoms. The Morgan fingerprint density at radius 2 is 2.07 bits per heavy atom. The topological polar surface area (TPSA) is 35.2 Å². The molecule has 0 aliphatic rings. The van der Waals surface area contributed by atoms with Gasteiger partial charge in [-0.05, 0) is 22.0 Å². The zero-order valence-electron chi connectivity index (χ0n) is 8.80. The average molecular weight is 258 g/mol. The number of ether oxygens (including phenoxy) is 1. The minimum atomic E-state index is -0.0604. The third-order valence-electron chi connectivity index (χ3n) is 2.41. The zero-order chi connectivity index (χ0) is 10.8. The fourth-order valence-electron chi connectivity index (χ4n) is 1.36. The fourth-order valence-corrected chi connectivity index (χ4v) is 1.89. The number of para-hydroxylation sites is 1. The second kappa shape index (κ2) is 4.32. The van der Waals surface area contributed by atoms with Crippen molar-refractivity contribution in [2.75, 3.05) is 13.7 Å². The van der Waals surface area contributed by atoms with Gasteiger partial charge in [0.25, 0.3) is 0 Å². The van der Waals surface area contributed by atoms with Crippen LogP contribution in [-0.2, 0) is 5.41 Å². The van der Waals surface area contributed by atoms with E-state index in [1.165, 1.54) is 0 Å². The van der Waals surface area contributed by atoms with Crippen LogP contribution < -0.4 is 10.5 Å². The lowest BCUT2D eigenvalue weighted by atomic mass is 9.84. The Bertz CT molecular complexity index is 323. The highest BCUT2D eigenvalue weighted by Crippen LogP contribution is 2.36. The number of methoxy groups -OCH3 is 1. The van der Waals surface area contributed by atoms with E-state index in [-0.39, 0.29) is 5.41 Å². The monoisotopic (exact) mass is 257 g/mol. The van der Waals surface area contributed by atoms with Crippen molar-refractivity contribution in [2.45, 2.75) is 19.3 Å². The van der Waals surface area contributed by atoms with Crippen molar-refractivity contribution in [2.24, 2.45) is 5.73 Å². The molecule has 0 unspecified atom stereocenters. The van der Waals surface area contributed by atoms with Gasteiger partial charge in [0, 0.05) is 17.5 Å². The Hall–Kier alpha value is -0.540. The van der Waals surface area contributed by atoms with Gasteiger partial charge in [-0.1, -0.05) is 26.0 Å². The first kappa shape index (κ1) is 11.5. The Labute approximate surface area is 93.6 Å². The number of halogens is 1. The summed E-state index contributed by atoms with van der Waals surface area (Å²) in [6.07, 6.45) is 0. The number of hydrogen-bond donors (Lipinski definition) is 1. The number of rotatable bonds is 3. The van der Waals surface area contributed by atoms with Crippen LogP contribution in [0.25, 0.3) is 0 Å². The maximum atomic E-state index is 5.74. The summed E-state index contributed by atoms with van der Waals surface area (Å²) in [4.78, 5) is 0. The molecule has 0 aromatic heterocycles. The lowest BCUT2D eigenvalue weighted by Gasteiger charge is -2.25. The summed E-state index contributed by atoms with van der Waals surface area (Å²) in [5.41, 5.74) is 6.82. The van der Waals surface area contributed by atoms with E-state index < -0.39 is 0 Å². The van der Waals surface area contributed by atoms with Gasteiger partial charge in [0.1, 0.15) is 5.75 Å². The second-order valence-electron chi connectivity index (χ2n) is 3.91. The van der Waals surface area contributed by atoms with Crippen molar-refractivity contribution in [1.82, 2.24) is 0 Å². The molecule has 1 aromatic rings. The molecule has 14 heavy (non-hydrogen) atoms. The van der Waals surface area contributed by atoms with Crippen molar-refractivity contribution >= 4 is 15.9 Å². The molecule has 0 saturated carbocycles. The van der Waals surface area contributed by atoms with E-state index in [2.05, 4.69) is 35.8 Å². The van der Waals surface area contributed by atoms with Crippen molar-refractivity contribution in [3.05, 3.63) is 28.2 Å². The highest BCUT2D eigenvalue weighted by atomic mass is 79.9. The molecule has 0 saturated heterocycles. The first-order valence-electron chi connectivity index (χ1n) is 4.56. The van der Waals surface area contributed by atoms with E-state index in [1.807, 2.05) is 12.1 Å². The van der Waals surface area contributed by atoms with Crippen LogP contribution in [0.3, 0.4) is 0 Å². The molecule has 0 radical (unpaired) electrons. The van der Waals surface area contributed by atoms with Crippen LogP contribution in [0.5, 0.6) is 5.75 Å². The lowest BCUT2D eigenvalue weighted by molar-refractivity contribution is 0.391. The third-order valence-corrected chi connectivity index (χ3v) is 3.03. The average Bonchev–Trinajstić information content (AvgIpc) is 2.17. The predicted molar refractivity (Wildman–Crippen MR) is 62.8 cm³/mol. The summed E-state index contributed by atoms with van der Waals surface area (Å²) in [7, 11) is 1.68. The lowest BCUT2D eigenvalue weighted by Crippen LogP contribution is -2.28. The minimum absolute atomic E-state index is 0.0604. The van der Waals surface area contributed by atoms with Crippen molar-refractivity contribution < 1.29 is 4.74 Å². The molecule has 0 aliphatic heterocycles. The van der Waals surface area contributed by atoms with Crippen LogP contribution >= 0.6 is 15.9 Å². The molecule has 78 valence electrons. The first-order chi connectivity index (χ1) is 6.53. The Kier molecular flexibility index (Phi) is 3.56. The van der Waals surface area contributed by atoms with E-state index in [0.717, 1.165) is 15.8 Å². The summed E-state index contributed by atoms with van der Waals surface area (Å²) in [6.45, 7) is 4.81. The standard InChI is InChI=1S/C11H16BrNO/c1-11(2,7-13)8-5-4-6-9(12)10(8)14-3/h4-6H,7,13H2,1-3H3. The van der Waals surface area contributed by atoms with Gasteiger partial charge >= 0.3 is 0 Å². The van der Waals surface area contributed by atoms with Crippen LogP contribution in [0.15, 0.2) is 22.7 Å². The molecule has 0 aliphatic carbocycles. The van der Waals surface area contributed by atoms with Gasteiger partial charge in [0.15, 0.2) is 0 Å². The number of benzene rings is 1. The SMILES string of the molecule is COc1c(Br)cccc1C(C)(C)CN. The van der Waals surface area contributed by atoms with Gasteiger partial charge in [0.05, 0.1) is 11.6 Å². The molecule has 2 nitrogen and oxygen atoms in total. The first-order valence-corrected chi connectivity index (χ1v) is 5.35. The summed E-state index contributed by atoms with van der Waals surface area (Å²) in [5, 5.41) is 0. The highest BCUT2D eigenvalue weighted by Gasteiger charge is 2.23. The van der Waals surface area contributed by atoms with Crippen LogP contribution in [0.2, 0.25) is 0 Å². The number of hydrogen-bond acceptors (Lipinski definition) is 2. The quantitative estimate of drug-likeness (QED) is 0.904. The molecule has 2 N–H and O–H groups in total. The zero-order valence-corrected chi connectivity index (χ0v) is 10.4. The van der Waals surface area contributed by atoms with Crippen LogP contribution in [-0.4, -0.2) is 13.7 Å². The maximum absolute atomic E-state index is 5.74. The fraction of sp³-hybridized carbons (Fsp3) is 0.455. The van der Waals surface area contributed by atoms with Crippen LogP contribution in [0.1, 0.15) is 19.4 Å². The van der Waals surface area contributed by atoms with Gasteiger partial charge in [-0.25, -0.2) is 0 Å². The second-order valence-corrected chi connectivity index (χ2v) is 4.76. The highest BCUT2D eigenvalue weighted by molar-refractivity contribution is 9.10. The Morgan fingerprint density at radius 1 is 1.43 bits per heavy atom. The van der Waals surface area contributed by atoms with E-state index in [9.17, 15) is 0 Å². The normalized spacial score (nSPS) is 11.5. The van der Waals surface area contributed by atoms with Crippen molar-refractivity contribution in [1.29, 1.82) is 0 Å². The summed E-state index contributed by atoms with van der Waals surface area (Å²) in [5.74, 6) is 0.878. The summed E-state index contributed by atoms with van der Waals surface area (Å²) in [6, 6.07) is 6.02. The van der Waals surface area contributed by atoms with E-state index in [0.29, 0.717) is 6.54 Å². The molecule has 0 fully saturated rings. The molecule has 1 rings (SSSR count). The predicted octanol–water partition coefficient (Wildman–Crippen LogP) is 2.69. The van der Waals surface area contributed by atoms with E-state index in [1.54, 1.807) is 7.11 Å². The molecule has 0 heterocycles. The Balaban J connectivity index is 3.27. The van der Waals surface area contributed by atoms with Crippen molar-refractivity contribution in [3.8, 4) is 5.75 Å². The molecule has 0 atom stereocenters. The molecule has 0 spiro atoms. The van der Waals surface area contributed by atoms with Gasteiger partial charge < -0.3 is 10.5 Å². The largest absolute Gasteiger partial charge is 0.495 e. The number of nitrogens with two attached hydrogens (primary N) is 1. The maximum Gasteiger partial charge on any atom is 0.136 e. The third kappa shape index (κ3) is 2.10. The van der Waals surface area contributed by atoms with Crippen LogP contribution in [0, 0.1) is 0 Å². The smallest absolute Gasteiger partial charge is 0.136 e. The minimum Gasteiger partial charge on any atom is -0.495 e. The van der Waals surface area contributed by atoms with Crippen LogP contribution in [0.4, 0.5) is 0 Å². The van der Waals surface area contributed by atoms with Gasteiger partial charge in [-0.2, -0.15) is 0 Å². The van der Waals surface area contributed by atoms with Gasteiger partial charge in [0.2, 0.25) is 0 Å². The van der Waals surface area contributed by atoms with E-state index in [4.69, 9.17) is 10.5 Å². The Morgan fingerprint density at radius 3 is 2.57 bits per heavy atom. The van der Waals surface area contributed by atoms with Gasteiger partial charge in [-0.15, -0.1) is 0 Å². The molecule has 3 heteroatoms. The van der Waals surface area contributed by atoms with E-state index >= 15 is 0 Å². The molecule has 0 amide bonds. The molecule has 1 aromatic carbocycles. The van der Waals surface area contributed by atoms with Crippen molar-refractivity contribution in [3.63, 3.8) is 0 Å².